The van der Waals surface area contributed by atoms with Crippen molar-refractivity contribution in [2.75, 3.05) is 0 Å². The van der Waals surface area contributed by atoms with Crippen LogP contribution in [0.4, 0.5) is 0 Å². The summed E-state index contributed by atoms with van der Waals surface area (Å²) < 4.78 is 0. The number of nitrogens with zero attached hydrogens (tertiary/aromatic N) is 2. The zero-order chi connectivity index (χ0) is 16.1. The molecule has 0 unspecified atom stereocenters. The van der Waals surface area contributed by atoms with Crippen molar-refractivity contribution in [2.45, 2.75) is 0 Å². The number of hydrogen-bond acceptors (Lipinski definition) is 4. The molecule has 0 bridgehead atoms. The maximum absolute atomic E-state index is 8.10. The summed E-state index contributed by atoms with van der Waals surface area (Å²) in [5.41, 5.74) is 10.9. The number of nitrogens with one attached hydrogen (secondary N) is 1. The highest BCUT2D eigenvalue weighted by Crippen LogP contribution is 2.20. The van der Waals surface area contributed by atoms with Crippen molar-refractivity contribution in [3.05, 3.63) is 90.5 Å². The van der Waals surface area contributed by atoms with Crippen LogP contribution in [0.15, 0.2) is 79.4 Å². The molecule has 0 atom stereocenters. The third-order valence-corrected chi connectivity index (χ3v) is 3.52. The molecule has 3 rings (SSSR count). The minimum absolute atomic E-state index is 0.364. The van der Waals surface area contributed by atoms with Gasteiger partial charge in [0.25, 0.3) is 0 Å². The van der Waals surface area contributed by atoms with Gasteiger partial charge in [-0.05, 0) is 47.0 Å². The lowest BCUT2D eigenvalue weighted by Crippen LogP contribution is -2.02. The normalized spacial score (nSPS) is 11.2. The molecule has 0 radical (unpaired) electrons. The Labute approximate surface area is 134 Å². The van der Waals surface area contributed by atoms with Crippen LogP contribution in [0, 0.1) is 5.41 Å². The van der Waals surface area contributed by atoms with Crippen LogP contribution >= 0.6 is 0 Å². The number of benzene rings is 1. The summed E-state index contributed by atoms with van der Waals surface area (Å²) in [7, 11) is 0. The monoisotopic (exact) mass is 300 g/mol. The topological polar surface area (TPSA) is 75.7 Å². The average molecular weight is 300 g/mol. The van der Waals surface area contributed by atoms with Crippen LogP contribution in [0.25, 0.3) is 16.8 Å². The molecule has 112 valence electrons. The summed E-state index contributed by atoms with van der Waals surface area (Å²) in [5.74, 6) is 0. The highest BCUT2D eigenvalue weighted by Gasteiger charge is 2.02. The molecule has 0 fully saturated rings. The molecule has 0 aliphatic heterocycles. The molecule has 0 aliphatic rings. The van der Waals surface area contributed by atoms with Gasteiger partial charge in [-0.25, -0.2) is 0 Å². The lowest BCUT2D eigenvalue weighted by atomic mass is 10.0. The van der Waals surface area contributed by atoms with Gasteiger partial charge in [0.15, 0.2) is 0 Å². The second kappa shape index (κ2) is 6.66. The summed E-state index contributed by atoms with van der Waals surface area (Å²) >= 11 is 0. The summed E-state index contributed by atoms with van der Waals surface area (Å²) in [4.78, 5) is 7.97. The van der Waals surface area contributed by atoms with Crippen molar-refractivity contribution in [3.8, 4) is 11.1 Å². The minimum Gasteiger partial charge on any atom is -0.398 e. The van der Waals surface area contributed by atoms with E-state index in [0.717, 1.165) is 22.3 Å². The molecule has 2 heterocycles. The second-order valence-corrected chi connectivity index (χ2v) is 5.06. The van der Waals surface area contributed by atoms with Crippen LogP contribution in [0.5, 0.6) is 0 Å². The van der Waals surface area contributed by atoms with E-state index in [9.17, 15) is 0 Å². The number of aromatic nitrogens is 2. The van der Waals surface area contributed by atoms with Crippen molar-refractivity contribution in [2.24, 2.45) is 5.73 Å². The zero-order valence-corrected chi connectivity index (χ0v) is 12.5. The Morgan fingerprint density at radius 3 is 1.87 bits per heavy atom. The molecular formula is C19H16N4. The highest BCUT2D eigenvalue weighted by atomic mass is 14.6. The van der Waals surface area contributed by atoms with Gasteiger partial charge in [0.05, 0.1) is 5.71 Å². The molecule has 0 saturated carbocycles. The fourth-order valence-corrected chi connectivity index (χ4v) is 2.25. The van der Waals surface area contributed by atoms with Gasteiger partial charge in [0.1, 0.15) is 0 Å². The van der Waals surface area contributed by atoms with Crippen molar-refractivity contribution < 1.29 is 0 Å². The van der Waals surface area contributed by atoms with Crippen molar-refractivity contribution in [1.29, 1.82) is 5.41 Å². The Morgan fingerprint density at radius 2 is 1.26 bits per heavy atom. The molecule has 3 N–H and O–H groups in total. The van der Waals surface area contributed by atoms with Crippen LogP contribution < -0.4 is 5.73 Å². The number of rotatable bonds is 4. The number of allylic oxidation sites excluding steroid dienone is 1. The highest BCUT2D eigenvalue weighted by molar-refractivity contribution is 6.09. The van der Waals surface area contributed by atoms with Crippen LogP contribution in [0.1, 0.15) is 11.1 Å². The first-order valence-corrected chi connectivity index (χ1v) is 7.21. The van der Waals surface area contributed by atoms with Gasteiger partial charge in [-0.2, -0.15) is 0 Å². The van der Waals surface area contributed by atoms with Crippen LogP contribution in [0.3, 0.4) is 0 Å². The predicted octanol–water partition coefficient (Wildman–Crippen LogP) is 3.51. The SMILES string of the molecule is N=C(C=C(N)c1ccc(-c2ccncc2)cc1)c1ccncc1. The van der Waals surface area contributed by atoms with Crippen molar-refractivity contribution >= 4 is 11.4 Å². The Hall–Kier alpha value is -3.27. The molecule has 0 amide bonds. The molecule has 0 saturated heterocycles. The molecular weight excluding hydrogens is 284 g/mol. The Morgan fingerprint density at radius 1 is 0.739 bits per heavy atom. The quantitative estimate of drug-likeness (QED) is 0.724. The van der Waals surface area contributed by atoms with E-state index in [1.807, 2.05) is 36.4 Å². The summed E-state index contributed by atoms with van der Waals surface area (Å²) in [6, 6.07) is 15.5. The maximum Gasteiger partial charge on any atom is 0.0634 e. The molecule has 0 aliphatic carbocycles. The molecule has 23 heavy (non-hydrogen) atoms. The molecule has 2 aromatic heterocycles. The Balaban J connectivity index is 1.82. The van der Waals surface area contributed by atoms with Gasteiger partial charge in [0, 0.05) is 36.0 Å². The molecule has 4 nitrogen and oxygen atoms in total. The summed E-state index contributed by atoms with van der Waals surface area (Å²) in [6.45, 7) is 0. The first-order chi connectivity index (χ1) is 11.2. The molecule has 1 aromatic carbocycles. The van der Waals surface area contributed by atoms with E-state index in [2.05, 4.69) is 9.97 Å². The van der Waals surface area contributed by atoms with Crippen molar-refractivity contribution in [3.63, 3.8) is 0 Å². The molecule has 3 aromatic rings. The van der Waals surface area contributed by atoms with E-state index in [4.69, 9.17) is 11.1 Å². The van der Waals surface area contributed by atoms with Gasteiger partial charge < -0.3 is 11.1 Å². The first-order valence-electron chi connectivity index (χ1n) is 7.21. The van der Waals surface area contributed by atoms with Crippen LogP contribution in [-0.4, -0.2) is 15.7 Å². The lowest BCUT2D eigenvalue weighted by molar-refractivity contribution is 1.32. The van der Waals surface area contributed by atoms with E-state index in [1.165, 1.54) is 0 Å². The number of nitrogens with two attached hydrogens (primary N) is 1. The van der Waals surface area contributed by atoms with Crippen LogP contribution in [-0.2, 0) is 0 Å². The van der Waals surface area contributed by atoms with Gasteiger partial charge in [0.2, 0.25) is 0 Å². The summed E-state index contributed by atoms with van der Waals surface area (Å²) in [6.07, 6.45) is 8.53. The third kappa shape index (κ3) is 3.49. The van der Waals surface area contributed by atoms with E-state index in [1.54, 1.807) is 43.0 Å². The molecule has 4 heteroatoms. The minimum atomic E-state index is 0.364. The third-order valence-electron chi connectivity index (χ3n) is 3.52. The standard InChI is InChI=1S/C19H16N4/c20-18(13-19(21)17-7-11-23-12-8-17)16-3-1-14(2-4-16)15-5-9-22-10-6-15/h1-13,21H,20H2. The Bertz CT molecular complexity index is 822. The smallest absolute Gasteiger partial charge is 0.0634 e. The lowest BCUT2D eigenvalue weighted by Gasteiger charge is -2.06. The Kier molecular flexibility index (Phi) is 4.25. The van der Waals surface area contributed by atoms with E-state index >= 15 is 0 Å². The second-order valence-electron chi connectivity index (χ2n) is 5.06. The summed E-state index contributed by atoms with van der Waals surface area (Å²) in [5, 5.41) is 8.10. The molecule has 0 spiro atoms. The van der Waals surface area contributed by atoms with Gasteiger partial charge in [-0.1, -0.05) is 24.3 Å². The predicted molar refractivity (Wildman–Crippen MR) is 92.9 cm³/mol. The van der Waals surface area contributed by atoms with E-state index in [0.29, 0.717) is 11.4 Å². The largest absolute Gasteiger partial charge is 0.398 e. The first kappa shape index (κ1) is 14.7. The average Bonchev–Trinajstić information content (AvgIpc) is 2.63. The van der Waals surface area contributed by atoms with E-state index in [-0.39, 0.29) is 0 Å². The van der Waals surface area contributed by atoms with Gasteiger partial charge in [-0.3, -0.25) is 9.97 Å². The van der Waals surface area contributed by atoms with Gasteiger partial charge >= 0.3 is 0 Å². The fourth-order valence-electron chi connectivity index (χ4n) is 2.25. The van der Waals surface area contributed by atoms with E-state index < -0.39 is 0 Å². The fraction of sp³-hybridized carbons (Fsp3) is 0. The van der Waals surface area contributed by atoms with Gasteiger partial charge in [-0.15, -0.1) is 0 Å². The maximum atomic E-state index is 8.10. The number of hydrogen-bond donors (Lipinski definition) is 2. The van der Waals surface area contributed by atoms with Crippen LogP contribution in [0.2, 0.25) is 0 Å². The number of pyridine rings is 2. The van der Waals surface area contributed by atoms with Crippen molar-refractivity contribution in [1.82, 2.24) is 9.97 Å². The zero-order valence-electron chi connectivity index (χ0n) is 12.5.